The van der Waals surface area contributed by atoms with E-state index in [9.17, 15) is 13.2 Å². The molecule has 3 aromatic carbocycles. The number of nitrogens with one attached hydrogen (secondary N) is 1. The van der Waals surface area contributed by atoms with E-state index in [1.54, 1.807) is 66.7 Å². The second-order valence-electron chi connectivity index (χ2n) is 6.71. The molecule has 0 radical (unpaired) electrons. The average molecular weight is 458 g/mol. The summed E-state index contributed by atoms with van der Waals surface area (Å²) in [7, 11) is -3.82. The molecule has 3 aromatic rings. The van der Waals surface area contributed by atoms with E-state index in [1.807, 2.05) is 19.9 Å². The minimum Gasteiger partial charge on any atom is -0.289 e. The van der Waals surface area contributed by atoms with Crippen molar-refractivity contribution in [1.29, 1.82) is 0 Å². The first-order valence-corrected chi connectivity index (χ1v) is 11.1. The Kier molecular flexibility index (Phi) is 6.01. The zero-order valence-electron chi connectivity index (χ0n) is 15.5. The lowest BCUT2D eigenvalue weighted by Gasteiger charge is -2.13. The van der Waals surface area contributed by atoms with Gasteiger partial charge < -0.3 is 0 Å². The Morgan fingerprint density at radius 3 is 2.18 bits per heavy atom. The molecule has 144 valence electrons. The molecule has 0 spiro atoms. The highest BCUT2D eigenvalue weighted by Gasteiger charge is 2.20. The highest BCUT2D eigenvalue weighted by Crippen LogP contribution is 2.27. The predicted molar refractivity (Wildman–Crippen MR) is 115 cm³/mol. The van der Waals surface area contributed by atoms with Crippen LogP contribution in [0.3, 0.4) is 0 Å². The van der Waals surface area contributed by atoms with Crippen LogP contribution < -0.4 is 4.72 Å². The molecule has 28 heavy (non-hydrogen) atoms. The van der Waals surface area contributed by atoms with E-state index >= 15 is 0 Å². The fourth-order valence-electron chi connectivity index (χ4n) is 2.77. The summed E-state index contributed by atoms with van der Waals surface area (Å²) >= 11 is 3.35. The van der Waals surface area contributed by atoms with Crippen molar-refractivity contribution in [2.75, 3.05) is 4.72 Å². The summed E-state index contributed by atoms with van der Waals surface area (Å²) in [4.78, 5) is 13.1. The molecule has 0 heterocycles. The molecule has 0 aromatic heterocycles. The van der Waals surface area contributed by atoms with E-state index in [0.717, 1.165) is 5.56 Å². The van der Waals surface area contributed by atoms with Gasteiger partial charge in [0, 0.05) is 15.6 Å². The van der Waals surface area contributed by atoms with Crippen LogP contribution in [0.25, 0.3) is 0 Å². The molecule has 0 atom stereocenters. The predicted octanol–water partition coefficient (Wildman–Crippen LogP) is 5.60. The van der Waals surface area contributed by atoms with Gasteiger partial charge in [0.25, 0.3) is 10.0 Å². The number of anilines is 1. The van der Waals surface area contributed by atoms with Crippen molar-refractivity contribution < 1.29 is 13.2 Å². The summed E-state index contributed by atoms with van der Waals surface area (Å²) in [5, 5.41) is 0. The van der Waals surface area contributed by atoms with E-state index in [1.165, 1.54) is 0 Å². The molecule has 1 N–H and O–H groups in total. The van der Waals surface area contributed by atoms with Crippen molar-refractivity contribution in [2.45, 2.75) is 24.7 Å². The van der Waals surface area contributed by atoms with Gasteiger partial charge in [-0.05, 0) is 41.8 Å². The van der Waals surface area contributed by atoms with Crippen molar-refractivity contribution >= 4 is 37.4 Å². The second kappa shape index (κ2) is 8.29. The van der Waals surface area contributed by atoms with E-state index < -0.39 is 10.0 Å². The van der Waals surface area contributed by atoms with Gasteiger partial charge in [-0.1, -0.05) is 72.2 Å². The van der Waals surface area contributed by atoms with Crippen LogP contribution in [0.15, 0.2) is 82.2 Å². The number of hydrogen-bond donors (Lipinski definition) is 1. The standard InChI is InChI=1S/C22H20BrNO3S/c1-15(2)16-8-11-19(12-9-16)28(26,27)24-21-13-10-18(23)14-20(21)22(25)17-6-4-3-5-7-17/h3-15,24H,1-2H3. The maximum Gasteiger partial charge on any atom is 0.261 e. The van der Waals surface area contributed by atoms with Gasteiger partial charge in [0.1, 0.15) is 0 Å². The van der Waals surface area contributed by atoms with E-state index in [2.05, 4.69) is 20.7 Å². The fraction of sp³-hybridized carbons (Fsp3) is 0.136. The third-order valence-corrected chi connectivity index (χ3v) is 6.24. The first kappa shape index (κ1) is 20.3. The topological polar surface area (TPSA) is 63.2 Å². The molecule has 0 unspecified atom stereocenters. The summed E-state index contributed by atoms with van der Waals surface area (Å²) < 4.78 is 28.9. The van der Waals surface area contributed by atoms with Gasteiger partial charge in [-0.15, -0.1) is 0 Å². The molecule has 0 aliphatic rings. The summed E-state index contributed by atoms with van der Waals surface area (Å²) in [5.41, 5.74) is 2.07. The lowest BCUT2D eigenvalue weighted by molar-refractivity contribution is 0.103. The number of hydrogen-bond acceptors (Lipinski definition) is 3. The zero-order chi connectivity index (χ0) is 20.3. The Bertz CT molecular complexity index is 1090. The molecular weight excluding hydrogens is 438 g/mol. The van der Waals surface area contributed by atoms with Crippen LogP contribution in [0.2, 0.25) is 0 Å². The van der Waals surface area contributed by atoms with Crippen molar-refractivity contribution in [3.63, 3.8) is 0 Å². The Morgan fingerprint density at radius 1 is 0.929 bits per heavy atom. The minimum atomic E-state index is -3.82. The van der Waals surface area contributed by atoms with Crippen molar-refractivity contribution in [3.8, 4) is 0 Å². The largest absolute Gasteiger partial charge is 0.289 e. The molecule has 4 nitrogen and oxygen atoms in total. The Morgan fingerprint density at radius 2 is 1.57 bits per heavy atom. The molecule has 6 heteroatoms. The van der Waals surface area contributed by atoms with Gasteiger partial charge in [0.2, 0.25) is 0 Å². The first-order valence-electron chi connectivity index (χ1n) is 8.80. The molecule has 0 saturated carbocycles. The molecule has 0 fully saturated rings. The maximum absolute atomic E-state index is 12.9. The molecule has 0 aliphatic carbocycles. The third-order valence-electron chi connectivity index (χ3n) is 4.36. The van der Waals surface area contributed by atoms with Crippen LogP contribution in [0.4, 0.5) is 5.69 Å². The Balaban J connectivity index is 1.97. The second-order valence-corrected chi connectivity index (χ2v) is 9.31. The van der Waals surface area contributed by atoms with Gasteiger partial charge >= 0.3 is 0 Å². The van der Waals surface area contributed by atoms with Crippen LogP contribution in [-0.4, -0.2) is 14.2 Å². The van der Waals surface area contributed by atoms with Crippen LogP contribution in [-0.2, 0) is 10.0 Å². The number of sulfonamides is 1. The van der Waals surface area contributed by atoms with Crippen molar-refractivity contribution in [3.05, 3.63) is 94.0 Å². The molecule has 3 rings (SSSR count). The summed E-state index contributed by atoms with van der Waals surface area (Å²) in [5.74, 6) is 0.0565. The number of benzene rings is 3. The van der Waals surface area contributed by atoms with Crippen molar-refractivity contribution in [2.24, 2.45) is 0 Å². The van der Waals surface area contributed by atoms with Gasteiger partial charge in [-0.3, -0.25) is 9.52 Å². The summed E-state index contributed by atoms with van der Waals surface area (Å²) in [6.45, 7) is 4.09. The van der Waals surface area contributed by atoms with Gasteiger partial charge in [-0.2, -0.15) is 0 Å². The molecule has 0 saturated heterocycles. The van der Waals surface area contributed by atoms with Crippen LogP contribution >= 0.6 is 15.9 Å². The average Bonchev–Trinajstić information content (AvgIpc) is 2.69. The van der Waals surface area contributed by atoms with Crippen molar-refractivity contribution in [1.82, 2.24) is 0 Å². The van der Waals surface area contributed by atoms with Crippen LogP contribution in [0, 0.1) is 0 Å². The zero-order valence-corrected chi connectivity index (χ0v) is 17.9. The quantitative estimate of drug-likeness (QED) is 0.489. The highest BCUT2D eigenvalue weighted by atomic mass is 79.9. The van der Waals surface area contributed by atoms with E-state index in [0.29, 0.717) is 16.0 Å². The number of carbonyl (C=O) groups is 1. The third kappa shape index (κ3) is 4.51. The number of halogens is 1. The lowest BCUT2D eigenvalue weighted by Crippen LogP contribution is -2.16. The van der Waals surface area contributed by atoms with Crippen LogP contribution in [0.1, 0.15) is 41.3 Å². The fourth-order valence-corrected chi connectivity index (χ4v) is 4.21. The minimum absolute atomic E-state index is 0.151. The van der Waals surface area contributed by atoms with E-state index in [-0.39, 0.29) is 21.9 Å². The monoisotopic (exact) mass is 457 g/mol. The molecule has 0 aliphatic heterocycles. The molecular formula is C22H20BrNO3S. The Labute approximate surface area is 173 Å². The smallest absolute Gasteiger partial charge is 0.261 e. The normalized spacial score (nSPS) is 11.4. The van der Waals surface area contributed by atoms with E-state index in [4.69, 9.17) is 0 Å². The lowest BCUT2D eigenvalue weighted by atomic mass is 10.0. The van der Waals surface area contributed by atoms with Gasteiger partial charge in [-0.25, -0.2) is 8.42 Å². The number of rotatable bonds is 6. The van der Waals surface area contributed by atoms with Gasteiger partial charge in [0.15, 0.2) is 5.78 Å². The summed E-state index contributed by atoms with van der Waals surface area (Å²) in [6.07, 6.45) is 0. The first-order chi connectivity index (χ1) is 13.3. The SMILES string of the molecule is CC(C)c1ccc(S(=O)(=O)Nc2ccc(Br)cc2C(=O)c2ccccc2)cc1. The number of ketones is 1. The van der Waals surface area contributed by atoms with Gasteiger partial charge in [0.05, 0.1) is 10.6 Å². The highest BCUT2D eigenvalue weighted by molar-refractivity contribution is 9.10. The number of carbonyl (C=O) groups excluding carboxylic acids is 1. The van der Waals surface area contributed by atoms with Crippen LogP contribution in [0.5, 0.6) is 0 Å². The Hall–Kier alpha value is -2.44. The summed E-state index contributed by atoms with van der Waals surface area (Å²) in [6, 6.07) is 20.4. The maximum atomic E-state index is 12.9. The molecule has 0 bridgehead atoms. The molecule has 0 amide bonds.